The van der Waals surface area contributed by atoms with Crippen LogP contribution in [0.2, 0.25) is 0 Å². The Morgan fingerprint density at radius 3 is 2.22 bits per heavy atom. The Bertz CT molecular complexity index is 762. The number of amidine groups is 1. The molecule has 0 amide bonds. The van der Waals surface area contributed by atoms with Crippen LogP contribution in [0.5, 0.6) is 0 Å². The molecule has 6 heteroatoms. The second-order valence-corrected chi connectivity index (χ2v) is 7.90. The molecule has 1 aliphatic rings. The molecule has 3 N–H and O–H groups in total. The van der Waals surface area contributed by atoms with Gasteiger partial charge in [0.25, 0.3) is 0 Å². The first-order chi connectivity index (χ1) is 13.1. The average molecular weight is 383 g/mol. The Hall–Kier alpha value is -2.31. The number of piperazine rings is 1. The fourth-order valence-corrected chi connectivity index (χ4v) is 3.70. The highest BCUT2D eigenvalue weighted by Gasteiger charge is 2.16. The molecule has 0 atom stereocenters. The summed E-state index contributed by atoms with van der Waals surface area (Å²) in [4.78, 5) is 4.89. The summed E-state index contributed by atoms with van der Waals surface area (Å²) >= 11 is 1.43. The van der Waals surface area contributed by atoms with E-state index in [-0.39, 0.29) is 5.17 Å². The van der Waals surface area contributed by atoms with E-state index < -0.39 is 0 Å². The first-order valence-corrected chi connectivity index (χ1v) is 10.3. The van der Waals surface area contributed by atoms with E-state index in [1.54, 1.807) is 0 Å². The summed E-state index contributed by atoms with van der Waals surface area (Å²) in [6, 6.07) is 13.0. The van der Waals surface area contributed by atoms with Gasteiger partial charge in [-0.2, -0.15) is 0 Å². The maximum absolute atomic E-state index is 7.27. The molecular weight excluding hydrogens is 354 g/mol. The summed E-state index contributed by atoms with van der Waals surface area (Å²) in [5, 5.41) is 7.48. The molecule has 0 radical (unpaired) electrons. The van der Waals surface area contributed by atoms with Crippen molar-refractivity contribution in [3.05, 3.63) is 59.9 Å². The molecule has 0 bridgehead atoms. The van der Waals surface area contributed by atoms with E-state index in [2.05, 4.69) is 70.7 Å². The number of nitrogens with zero attached hydrogens (tertiary/aromatic N) is 3. The highest BCUT2D eigenvalue weighted by Crippen LogP contribution is 2.18. The predicted molar refractivity (Wildman–Crippen MR) is 116 cm³/mol. The summed E-state index contributed by atoms with van der Waals surface area (Å²) in [5.74, 6) is 0.899. The summed E-state index contributed by atoms with van der Waals surface area (Å²) < 4.78 is 2.04. The van der Waals surface area contributed by atoms with Crippen LogP contribution in [-0.4, -0.2) is 48.5 Å². The van der Waals surface area contributed by atoms with Gasteiger partial charge in [0, 0.05) is 56.3 Å². The first-order valence-electron chi connectivity index (χ1n) is 9.28. The zero-order valence-electron chi connectivity index (χ0n) is 15.8. The van der Waals surface area contributed by atoms with E-state index in [9.17, 15) is 0 Å². The third kappa shape index (κ3) is 6.12. The first kappa shape index (κ1) is 19.5. The van der Waals surface area contributed by atoms with Gasteiger partial charge in [0.1, 0.15) is 7.05 Å². The zero-order chi connectivity index (χ0) is 19.1. The number of thioether (sulfide) groups is 1. The molecule has 2 aromatic rings. The van der Waals surface area contributed by atoms with Crippen molar-refractivity contribution in [2.75, 3.05) is 43.4 Å². The van der Waals surface area contributed by atoms with Crippen LogP contribution >= 0.6 is 11.8 Å². The molecule has 1 aromatic carbocycles. The van der Waals surface area contributed by atoms with Crippen LogP contribution in [0.4, 0.5) is 5.69 Å². The van der Waals surface area contributed by atoms with Crippen LogP contribution < -0.4 is 15.2 Å². The summed E-state index contributed by atoms with van der Waals surface area (Å²) in [5.41, 5.74) is 9.10. The van der Waals surface area contributed by atoms with Crippen molar-refractivity contribution in [2.45, 2.75) is 0 Å². The van der Waals surface area contributed by atoms with Gasteiger partial charge >= 0.3 is 0 Å². The lowest BCUT2D eigenvalue weighted by Gasteiger charge is -2.36. The highest BCUT2D eigenvalue weighted by atomic mass is 32.2. The molecule has 1 fully saturated rings. The third-order valence-corrected chi connectivity index (χ3v) is 5.47. The van der Waals surface area contributed by atoms with Gasteiger partial charge in [-0.1, -0.05) is 36.0 Å². The molecule has 142 valence electrons. The lowest BCUT2D eigenvalue weighted by atomic mass is 10.1. The van der Waals surface area contributed by atoms with Gasteiger partial charge < -0.3 is 10.6 Å². The molecule has 1 saturated heterocycles. The smallest absolute Gasteiger partial charge is 0.169 e. The van der Waals surface area contributed by atoms with Crippen molar-refractivity contribution in [3.8, 4) is 0 Å². The second-order valence-electron chi connectivity index (χ2n) is 6.76. The van der Waals surface area contributed by atoms with Crippen molar-refractivity contribution in [2.24, 2.45) is 12.8 Å². The van der Waals surface area contributed by atoms with Gasteiger partial charge in [0.05, 0.1) is 0 Å². The number of pyridine rings is 1. The van der Waals surface area contributed by atoms with Crippen LogP contribution in [0.3, 0.4) is 0 Å². The van der Waals surface area contributed by atoms with Gasteiger partial charge in [0.15, 0.2) is 17.6 Å². The van der Waals surface area contributed by atoms with E-state index >= 15 is 0 Å². The summed E-state index contributed by atoms with van der Waals surface area (Å²) in [7, 11) is 2.02. The molecule has 1 aliphatic heterocycles. The number of hydrogen-bond acceptors (Lipinski definition) is 4. The number of nitrogens with two attached hydrogens (primary N) is 1. The van der Waals surface area contributed by atoms with E-state index in [0.717, 1.165) is 38.5 Å². The van der Waals surface area contributed by atoms with E-state index in [0.29, 0.717) is 0 Å². The van der Waals surface area contributed by atoms with E-state index in [4.69, 9.17) is 11.1 Å². The van der Waals surface area contributed by atoms with Crippen molar-refractivity contribution >= 4 is 34.8 Å². The van der Waals surface area contributed by atoms with Gasteiger partial charge in [-0.15, -0.1) is 0 Å². The predicted octanol–water partition coefficient (Wildman–Crippen LogP) is 2.43. The van der Waals surface area contributed by atoms with Crippen LogP contribution in [0, 0.1) is 5.41 Å². The van der Waals surface area contributed by atoms with Gasteiger partial charge in [-0.3, -0.25) is 10.3 Å². The summed E-state index contributed by atoms with van der Waals surface area (Å²) in [6.07, 6.45) is 8.42. The standard InChI is InChI=1S/C21H28N5S/c1-24-10-8-19(9-11-24)3-2-18-4-6-20(7-5-18)26-14-12-25(13-15-26)16-17-27-21(22)23/h2-11H,12-17H2,1H3,(H3,22,23)/q+1. The topological polar surface area (TPSA) is 60.2 Å². The lowest BCUT2D eigenvalue weighted by molar-refractivity contribution is -0.671. The molecule has 1 aromatic heterocycles. The Kier molecular flexibility index (Phi) is 6.90. The van der Waals surface area contributed by atoms with Crippen molar-refractivity contribution in [3.63, 3.8) is 0 Å². The molecule has 0 saturated carbocycles. The molecule has 2 heterocycles. The van der Waals surface area contributed by atoms with Crippen molar-refractivity contribution < 1.29 is 4.57 Å². The van der Waals surface area contributed by atoms with Crippen LogP contribution in [-0.2, 0) is 7.05 Å². The minimum Gasteiger partial charge on any atom is -0.379 e. The molecule has 5 nitrogen and oxygen atoms in total. The zero-order valence-corrected chi connectivity index (χ0v) is 16.7. The Balaban J connectivity index is 1.49. The number of anilines is 1. The minimum atomic E-state index is 0.212. The fraction of sp³-hybridized carbons (Fsp3) is 0.333. The maximum atomic E-state index is 7.27. The number of benzene rings is 1. The second kappa shape index (κ2) is 9.58. The quantitative estimate of drug-likeness (QED) is 0.458. The number of nitrogens with one attached hydrogen (secondary N) is 1. The fourth-order valence-electron chi connectivity index (χ4n) is 3.13. The van der Waals surface area contributed by atoms with Gasteiger partial charge in [0.2, 0.25) is 0 Å². The van der Waals surface area contributed by atoms with E-state index in [1.165, 1.54) is 28.6 Å². The Morgan fingerprint density at radius 2 is 1.63 bits per heavy atom. The molecule has 0 unspecified atom stereocenters. The minimum absolute atomic E-state index is 0.212. The van der Waals surface area contributed by atoms with Gasteiger partial charge in [-0.25, -0.2) is 4.57 Å². The van der Waals surface area contributed by atoms with Crippen molar-refractivity contribution in [1.82, 2.24) is 4.90 Å². The monoisotopic (exact) mass is 382 g/mol. The van der Waals surface area contributed by atoms with Crippen LogP contribution in [0.25, 0.3) is 12.2 Å². The largest absolute Gasteiger partial charge is 0.379 e. The Labute approximate surface area is 166 Å². The number of rotatable bonds is 6. The SMILES string of the molecule is C[n+]1ccc(/C=C/c2ccc(N3CCN(CCSC(=N)N)CC3)cc2)cc1. The van der Waals surface area contributed by atoms with E-state index in [1.807, 2.05) is 11.6 Å². The normalized spacial score (nSPS) is 15.4. The van der Waals surface area contributed by atoms with Crippen LogP contribution in [0.15, 0.2) is 48.8 Å². The molecule has 0 aliphatic carbocycles. The third-order valence-electron chi connectivity index (χ3n) is 4.77. The maximum Gasteiger partial charge on any atom is 0.169 e. The van der Waals surface area contributed by atoms with Gasteiger partial charge in [-0.05, 0) is 23.3 Å². The summed E-state index contributed by atoms with van der Waals surface area (Å²) in [6.45, 7) is 5.21. The molecule has 3 rings (SSSR count). The number of aryl methyl sites for hydroxylation is 1. The lowest BCUT2D eigenvalue weighted by Crippen LogP contribution is -2.47. The average Bonchev–Trinajstić information content (AvgIpc) is 2.68. The number of aromatic nitrogens is 1. The molecule has 27 heavy (non-hydrogen) atoms. The van der Waals surface area contributed by atoms with Crippen LogP contribution in [0.1, 0.15) is 11.1 Å². The molecular formula is C21H28N5S+. The highest BCUT2D eigenvalue weighted by molar-refractivity contribution is 8.13. The Morgan fingerprint density at radius 1 is 1.04 bits per heavy atom. The molecule has 0 spiro atoms. The van der Waals surface area contributed by atoms with Crippen molar-refractivity contribution in [1.29, 1.82) is 5.41 Å². The number of hydrogen-bond donors (Lipinski definition) is 2.